The van der Waals surface area contributed by atoms with Gasteiger partial charge >= 0.3 is 5.97 Å². The maximum Gasteiger partial charge on any atom is 0.354 e. The van der Waals surface area contributed by atoms with Gasteiger partial charge in [0, 0.05) is 37.6 Å². The first-order valence-corrected chi connectivity index (χ1v) is 11.1. The van der Waals surface area contributed by atoms with E-state index in [1.165, 1.54) is 7.11 Å². The summed E-state index contributed by atoms with van der Waals surface area (Å²) in [6.07, 6.45) is 5.29. The average Bonchev–Trinajstić information content (AvgIpc) is 3.42. The Labute approximate surface area is 195 Å². The summed E-state index contributed by atoms with van der Waals surface area (Å²) in [6.45, 7) is 11.3. The molecule has 0 saturated carbocycles. The number of carbonyl (C=O) groups excluding carboxylic acids is 1. The smallest absolute Gasteiger partial charge is 0.354 e. The molecule has 33 heavy (non-hydrogen) atoms. The number of nitrogens with two attached hydrogens (primary N) is 1. The molecule has 1 saturated heterocycles. The first-order valence-electron chi connectivity index (χ1n) is 11.1. The molecule has 1 fully saturated rings. The molecule has 1 aliphatic heterocycles. The third kappa shape index (κ3) is 5.96. The van der Waals surface area contributed by atoms with Gasteiger partial charge in [-0.3, -0.25) is 4.68 Å². The van der Waals surface area contributed by atoms with Gasteiger partial charge in [-0.15, -0.1) is 0 Å². The lowest BCUT2D eigenvalue weighted by Crippen LogP contribution is -2.60. The molecule has 4 rings (SSSR count). The van der Waals surface area contributed by atoms with E-state index in [0.717, 1.165) is 16.9 Å². The Morgan fingerprint density at radius 2 is 2.00 bits per heavy atom. The number of nitrogens with one attached hydrogen (secondary N) is 1. The minimum Gasteiger partial charge on any atom is -0.464 e. The van der Waals surface area contributed by atoms with Gasteiger partial charge < -0.3 is 25.1 Å². The summed E-state index contributed by atoms with van der Waals surface area (Å²) in [5.41, 5.74) is 8.59. The van der Waals surface area contributed by atoms with Crippen molar-refractivity contribution in [2.24, 2.45) is 12.8 Å². The molecular weight excluding hydrogens is 422 g/mol. The van der Waals surface area contributed by atoms with Crippen LogP contribution in [0.1, 0.15) is 43.7 Å². The maximum atomic E-state index is 12.3. The van der Waals surface area contributed by atoms with Crippen LogP contribution in [0.4, 0.5) is 11.8 Å². The summed E-state index contributed by atoms with van der Waals surface area (Å²) in [7, 11) is 3.18. The lowest BCUT2D eigenvalue weighted by Gasteiger charge is -2.38. The number of nitrogens with zero attached hydrogens (tertiary/aromatic N) is 5. The molecule has 3 N–H and O–H groups in total. The van der Waals surface area contributed by atoms with E-state index in [9.17, 15) is 4.79 Å². The Hall–Kier alpha value is -3.24. The Balaban J connectivity index is 0.000000914. The van der Waals surface area contributed by atoms with E-state index in [4.69, 9.17) is 15.2 Å². The molecule has 0 amide bonds. The molecule has 0 aromatic carbocycles. The fourth-order valence-electron chi connectivity index (χ4n) is 3.25. The van der Waals surface area contributed by atoms with E-state index >= 15 is 0 Å². The Bertz CT molecular complexity index is 1050. The molecule has 4 heterocycles. The van der Waals surface area contributed by atoms with Crippen molar-refractivity contribution >= 4 is 17.7 Å². The highest BCUT2D eigenvalue weighted by atomic mass is 16.5. The molecule has 3 aromatic heterocycles. The van der Waals surface area contributed by atoms with Crippen molar-refractivity contribution in [1.29, 1.82) is 0 Å². The fourth-order valence-corrected chi connectivity index (χ4v) is 3.25. The average molecular weight is 458 g/mol. The summed E-state index contributed by atoms with van der Waals surface area (Å²) in [5, 5.41) is 7.27. The van der Waals surface area contributed by atoms with Crippen molar-refractivity contribution in [3.63, 3.8) is 0 Å². The zero-order valence-corrected chi connectivity index (χ0v) is 20.5. The molecule has 3 aromatic rings. The summed E-state index contributed by atoms with van der Waals surface area (Å²) in [4.78, 5) is 21.3. The van der Waals surface area contributed by atoms with Gasteiger partial charge in [-0.1, -0.05) is 27.7 Å². The van der Waals surface area contributed by atoms with E-state index in [1.807, 2.05) is 53.9 Å². The quantitative estimate of drug-likeness (QED) is 0.541. The second-order valence-electron chi connectivity index (χ2n) is 7.28. The summed E-state index contributed by atoms with van der Waals surface area (Å²) >= 11 is 0. The van der Waals surface area contributed by atoms with Gasteiger partial charge in [-0.2, -0.15) is 5.10 Å². The number of esters is 1. The second kappa shape index (κ2) is 11.6. The zero-order chi connectivity index (χ0) is 24.6. The van der Waals surface area contributed by atoms with E-state index in [1.54, 1.807) is 27.7 Å². The summed E-state index contributed by atoms with van der Waals surface area (Å²) < 4.78 is 13.7. The number of aryl methyl sites for hydroxylation is 2. The Morgan fingerprint density at radius 1 is 1.30 bits per heavy atom. The van der Waals surface area contributed by atoms with Crippen molar-refractivity contribution in [1.82, 2.24) is 24.3 Å². The van der Waals surface area contributed by atoms with Gasteiger partial charge in [0.25, 0.3) is 0 Å². The lowest BCUT2D eigenvalue weighted by molar-refractivity contribution is -0.0615. The normalized spacial score (nSPS) is 13.6. The largest absolute Gasteiger partial charge is 0.464 e. The molecule has 0 radical (unpaired) electrons. The maximum absolute atomic E-state index is 12.3. The highest BCUT2D eigenvalue weighted by molar-refractivity contribution is 5.89. The third-order valence-corrected chi connectivity index (χ3v) is 4.86. The Morgan fingerprint density at radius 3 is 2.55 bits per heavy atom. The van der Waals surface area contributed by atoms with Gasteiger partial charge in [0.2, 0.25) is 5.95 Å². The highest BCUT2D eigenvalue weighted by Crippen LogP contribution is 2.27. The second-order valence-corrected chi connectivity index (χ2v) is 7.28. The minimum absolute atomic E-state index is 0.415. The van der Waals surface area contributed by atoms with Crippen LogP contribution in [-0.2, 0) is 23.1 Å². The van der Waals surface area contributed by atoms with Gasteiger partial charge in [0.15, 0.2) is 0 Å². The molecule has 1 aliphatic rings. The molecule has 0 spiro atoms. The van der Waals surface area contributed by atoms with Crippen molar-refractivity contribution in [2.45, 2.75) is 46.7 Å². The molecule has 0 aliphatic carbocycles. The zero-order valence-electron chi connectivity index (χ0n) is 20.5. The van der Waals surface area contributed by atoms with E-state index in [-0.39, 0.29) is 0 Å². The number of hydrogen-bond donors (Lipinski definition) is 2. The molecule has 0 atom stereocenters. The molecule has 10 heteroatoms. The monoisotopic (exact) mass is 457 g/mol. The van der Waals surface area contributed by atoms with E-state index in [0.29, 0.717) is 37.1 Å². The summed E-state index contributed by atoms with van der Waals surface area (Å²) in [6, 6.07) is 3.59. The number of aromatic nitrogens is 5. The molecule has 0 bridgehead atoms. The number of carbonyl (C=O) groups is 1. The Kier molecular flexibility index (Phi) is 9.12. The number of methoxy groups -OCH3 is 1. The minimum atomic E-state index is -0.494. The molecular formula is C23H35N7O3. The van der Waals surface area contributed by atoms with Gasteiger partial charge in [0.1, 0.15) is 11.5 Å². The number of anilines is 2. The van der Waals surface area contributed by atoms with E-state index < -0.39 is 11.5 Å². The first kappa shape index (κ1) is 26.0. The third-order valence-electron chi connectivity index (χ3n) is 4.86. The van der Waals surface area contributed by atoms with Crippen molar-refractivity contribution < 1.29 is 14.3 Å². The highest BCUT2D eigenvalue weighted by Gasteiger charge is 2.35. The van der Waals surface area contributed by atoms with Crippen LogP contribution in [0.25, 0.3) is 11.3 Å². The van der Waals surface area contributed by atoms with E-state index in [2.05, 4.69) is 20.4 Å². The van der Waals surface area contributed by atoms with Crippen LogP contribution in [0.3, 0.4) is 0 Å². The SMILES string of the molecule is CC.CC.COC(=O)c1cc(-c2nc(Nc3ccnn3C)ncc2C)cn1CC1(N)COC1. The number of hydrogen-bond acceptors (Lipinski definition) is 8. The van der Waals surface area contributed by atoms with Gasteiger partial charge in [-0.25, -0.2) is 14.8 Å². The molecule has 180 valence electrons. The van der Waals surface area contributed by atoms with Gasteiger partial charge in [0.05, 0.1) is 37.8 Å². The van der Waals surface area contributed by atoms with Crippen LogP contribution in [0.5, 0.6) is 0 Å². The van der Waals surface area contributed by atoms with Crippen LogP contribution in [0.15, 0.2) is 30.7 Å². The van der Waals surface area contributed by atoms with Crippen molar-refractivity contribution in [3.05, 3.63) is 42.0 Å². The predicted molar refractivity (Wildman–Crippen MR) is 128 cm³/mol. The van der Waals surface area contributed by atoms with Gasteiger partial charge in [-0.05, 0) is 18.6 Å². The molecule has 10 nitrogen and oxygen atoms in total. The predicted octanol–water partition coefficient (Wildman–Crippen LogP) is 3.30. The van der Waals surface area contributed by atoms with Crippen molar-refractivity contribution in [3.8, 4) is 11.3 Å². The fraction of sp³-hybridized carbons (Fsp3) is 0.478. The summed E-state index contributed by atoms with van der Waals surface area (Å²) in [5.74, 6) is 0.770. The standard InChI is InChI=1S/C19H23N7O3.2C2H6/c1-12-7-21-18(23-15-4-5-22-25(15)2)24-16(12)13-6-14(17(27)28-3)26(8-13)9-19(20)10-29-11-19;2*1-2/h4-8H,9-11,20H2,1-3H3,(H,21,23,24);2*1-2H3. The van der Waals surface area contributed by atoms with Crippen molar-refractivity contribution in [2.75, 3.05) is 25.6 Å². The van der Waals surface area contributed by atoms with Crippen LogP contribution in [0.2, 0.25) is 0 Å². The van der Waals surface area contributed by atoms with Crippen LogP contribution in [0, 0.1) is 6.92 Å². The van der Waals surface area contributed by atoms with Crippen LogP contribution < -0.4 is 11.1 Å². The molecule has 0 unspecified atom stereocenters. The lowest BCUT2D eigenvalue weighted by atomic mass is 9.99. The number of rotatable bonds is 6. The van der Waals surface area contributed by atoms with Crippen LogP contribution >= 0.6 is 0 Å². The van der Waals surface area contributed by atoms with Crippen LogP contribution in [-0.4, -0.2) is 56.1 Å². The first-order chi connectivity index (χ1) is 15.9. The number of ether oxygens (including phenoxy) is 2. The topological polar surface area (TPSA) is 122 Å².